The summed E-state index contributed by atoms with van der Waals surface area (Å²) in [4.78, 5) is 13.2. The molecule has 0 radical (unpaired) electrons. The van der Waals surface area contributed by atoms with E-state index in [1.165, 1.54) is 44.9 Å². The zero-order chi connectivity index (χ0) is 51.0. The van der Waals surface area contributed by atoms with E-state index in [-0.39, 0.29) is 18.9 Å². The van der Waals surface area contributed by atoms with E-state index in [4.69, 9.17) is 18.9 Å². The van der Waals surface area contributed by atoms with Crippen LogP contribution in [0.5, 0.6) is 0 Å². The molecule has 2 heterocycles. The summed E-state index contributed by atoms with van der Waals surface area (Å²) in [7, 11) is 0. The lowest BCUT2D eigenvalue weighted by molar-refractivity contribution is -0.359. The van der Waals surface area contributed by atoms with E-state index in [0.717, 1.165) is 77.0 Å². The Hall–Kier alpha value is -3.09. The molecule has 2 rings (SSSR count). The zero-order valence-corrected chi connectivity index (χ0v) is 42.5. The number of unbranched alkanes of at least 4 members (excludes halogenated alkanes) is 12. The third-order valence-electron chi connectivity index (χ3n) is 12.3. The van der Waals surface area contributed by atoms with Gasteiger partial charge in [0.25, 0.3) is 0 Å². The average Bonchev–Trinajstić information content (AvgIpc) is 3.36. The van der Waals surface area contributed by atoms with Crippen LogP contribution >= 0.6 is 0 Å². The van der Waals surface area contributed by atoms with Crippen molar-refractivity contribution in [3.63, 3.8) is 0 Å². The molecular formula is C56H93NO13. The summed E-state index contributed by atoms with van der Waals surface area (Å²) in [6, 6.07) is -0.951. The van der Waals surface area contributed by atoms with Gasteiger partial charge in [0.05, 0.1) is 32.0 Å². The highest BCUT2D eigenvalue weighted by Gasteiger charge is 2.51. The van der Waals surface area contributed by atoms with Crippen LogP contribution < -0.4 is 5.32 Å². The van der Waals surface area contributed by atoms with Crippen molar-refractivity contribution in [1.29, 1.82) is 0 Å². The van der Waals surface area contributed by atoms with E-state index in [1.54, 1.807) is 6.08 Å². The van der Waals surface area contributed by atoms with E-state index in [1.807, 2.05) is 6.08 Å². The molecule has 14 nitrogen and oxygen atoms in total. The summed E-state index contributed by atoms with van der Waals surface area (Å²) in [5.74, 6) is -0.280. The summed E-state index contributed by atoms with van der Waals surface area (Å²) in [6.07, 6.45) is 38.7. The van der Waals surface area contributed by atoms with Gasteiger partial charge in [-0.05, 0) is 83.5 Å². The fourth-order valence-electron chi connectivity index (χ4n) is 7.95. The molecule has 2 aliphatic rings. The Labute approximate surface area is 420 Å². The van der Waals surface area contributed by atoms with Gasteiger partial charge in [0.15, 0.2) is 12.6 Å². The zero-order valence-electron chi connectivity index (χ0n) is 42.5. The van der Waals surface area contributed by atoms with Gasteiger partial charge in [-0.2, -0.15) is 0 Å². The summed E-state index contributed by atoms with van der Waals surface area (Å²) >= 11 is 0. The molecule has 14 heteroatoms. The van der Waals surface area contributed by atoms with Gasteiger partial charge in [-0.3, -0.25) is 4.79 Å². The van der Waals surface area contributed by atoms with Crippen LogP contribution in [-0.2, 0) is 23.7 Å². The molecular weight excluding hydrogens is 895 g/mol. The van der Waals surface area contributed by atoms with Gasteiger partial charge in [0.2, 0.25) is 5.91 Å². The van der Waals surface area contributed by atoms with Crippen LogP contribution in [0.3, 0.4) is 0 Å². The normalized spacial score (nSPS) is 26.8. The maximum absolute atomic E-state index is 13.2. The number of allylic oxidation sites excluding steroid dienone is 15. The highest BCUT2D eigenvalue weighted by atomic mass is 16.7. The summed E-state index contributed by atoms with van der Waals surface area (Å²) in [5, 5.41) is 86.7. The van der Waals surface area contributed by atoms with Crippen LogP contribution in [0, 0.1) is 0 Å². The molecule has 0 saturated carbocycles. The molecule has 0 bridgehead atoms. The average molecular weight is 988 g/mol. The molecule has 0 aromatic rings. The molecule has 0 aliphatic carbocycles. The van der Waals surface area contributed by atoms with Crippen molar-refractivity contribution in [3.8, 4) is 0 Å². The highest BCUT2D eigenvalue weighted by molar-refractivity contribution is 5.76. The molecule has 2 saturated heterocycles. The minimum absolute atomic E-state index is 0.237. The van der Waals surface area contributed by atoms with Gasteiger partial charge >= 0.3 is 0 Å². The number of aliphatic hydroxyl groups excluding tert-OH is 8. The number of ether oxygens (including phenoxy) is 4. The van der Waals surface area contributed by atoms with Crippen molar-refractivity contribution >= 4 is 5.91 Å². The van der Waals surface area contributed by atoms with E-state index >= 15 is 0 Å². The Kier molecular flexibility index (Phi) is 37.3. The fourth-order valence-corrected chi connectivity index (χ4v) is 7.95. The second kappa shape index (κ2) is 41.4. The third-order valence-corrected chi connectivity index (χ3v) is 12.3. The Morgan fingerprint density at radius 3 is 1.57 bits per heavy atom. The largest absolute Gasteiger partial charge is 0.394 e. The molecule has 12 unspecified atom stereocenters. The SMILES string of the molecule is CC/C=C\C/C=C\C/C=C\C/C=C\C/C=C\C/C=C\CCCCCCC(=O)NC(COC1OC(CO)C(OC2OC(CO)C(O)C(O)C2O)C(O)C1O)C(O)/C=C/CC/C=C/CCCCCCCCC. The van der Waals surface area contributed by atoms with Crippen LogP contribution in [0.25, 0.3) is 0 Å². The van der Waals surface area contributed by atoms with Crippen molar-refractivity contribution in [2.45, 2.75) is 229 Å². The maximum atomic E-state index is 13.2. The van der Waals surface area contributed by atoms with Crippen LogP contribution in [0.1, 0.15) is 155 Å². The summed E-state index contributed by atoms with van der Waals surface area (Å²) in [5.41, 5.74) is 0. The van der Waals surface area contributed by atoms with Gasteiger partial charge in [0, 0.05) is 6.42 Å². The number of hydrogen-bond donors (Lipinski definition) is 9. The monoisotopic (exact) mass is 988 g/mol. The first-order valence-electron chi connectivity index (χ1n) is 26.5. The maximum Gasteiger partial charge on any atom is 0.220 e. The highest BCUT2D eigenvalue weighted by Crippen LogP contribution is 2.30. The molecule has 9 N–H and O–H groups in total. The number of carbonyl (C=O) groups excluding carboxylic acids is 1. The molecule has 70 heavy (non-hydrogen) atoms. The van der Waals surface area contributed by atoms with E-state index < -0.39 is 86.8 Å². The number of carbonyl (C=O) groups is 1. The Morgan fingerprint density at radius 2 is 1.00 bits per heavy atom. The van der Waals surface area contributed by atoms with E-state index in [9.17, 15) is 45.6 Å². The Morgan fingerprint density at radius 1 is 0.529 bits per heavy atom. The number of hydrogen-bond acceptors (Lipinski definition) is 13. The number of amides is 1. The predicted molar refractivity (Wildman–Crippen MR) is 276 cm³/mol. The number of nitrogens with one attached hydrogen (secondary N) is 1. The Balaban J connectivity index is 1.83. The summed E-state index contributed by atoms with van der Waals surface area (Å²) < 4.78 is 22.7. The van der Waals surface area contributed by atoms with E-state index in [0.29, 0.717) is 12.8 Å². The van der Waals surface area contributed by atoms with Crippen LogP contribution in [0.4, 0.5) is 0 Å². The first-order valence-corrected chi connectivity index (χ1v) is 26.5. The first kappa shape index (κ1) is 63.0. The quantitative estimate of drug-likeness (QED) is 0.0215. The van der Waals surface area contributed by atoms with Crippen molar-refractivity contribution in [1.82, 2.24) is 5.32 Å². The minimum atomic E-state index is -1.80. The van der Waals surface area contributed by atoms with Crippen molar-refractivity contribution in [2.75, 3.05) is 19.8 Å². The summed E-state index contributed by atoms with van der Waals surface area (Å²) in [6.45, 7) is 2.60. The fraction of sp³-hybridized carbons (Fsp3) is 0.696. The molecule has 12 atom stereocenters. The second-order valence-electron chi connectivity index (χ2n) is 18.3. The number of aliphatic hydroxyl groups is 8. The van der Waals surface area contributed by atoms with Gasteiger partial charge in [-0.15, -0.1) is 0 Å². The van der Waals surface area contributed by atoms with Crippen molar-refractivity contribution in [2.24, 2.45) is 0 Å². The molecule has 0 spiro atoms. The van der Waals surface area contributed by atoms with Gasteiger partial charge in [0.1, 0.15) is 48.8 Å². The molecule has 0 aromatic heterocycles. The molecule has 400 valence electrons. The molecule has 0 aromatic carbocycles. The van der Waals surface area contributed by atoms with Crippen LogP contribution in [-0.4, -0.2) is 140 Å². The van der Waals surface area contributed by atoms with E-state index in [2.05, 4.69) is 104 Å². The predicted octanol–water partition coefficient (Wildman–Crippen LogP) is 7.54. The standard InChI is InChI=1S/C56H93NO13/c1-3-5-7-9-11-13-15-17-18-19-20-21-22-23-24-25-26-28-30-32-34-36-38-40-48(61)57-44(45(60)39-37-35-33-31-29-27-16-14-12-10-8-6-4-2)43-67-55-53(66)51(64)54(47(42-59)69-55)70-56-52(65)50(63)49(62)46(41-58)68-56/h5,7,11,13,17-18,20-21,23-24,26,28-29,31,37,39,44-47,49-56,58-60,62-66H,3-4,6,8-10,12,14-16,19,22,25,27,30,32-36,38,40-43H2,1-2H3,(H,57,61)/b7-5-,13-11-,18-17-,21-20-,24-23-,28-26-,31-29+,39-37+. The smallest absolute Gasteiger partial charge is 0.220 e. The second-order valence-corrected chi connectivity index (χ2v) is 18.3. The van der Waals surface area contributed by atoms with Crippen molar-refractivity contribution in [3.05, 3.63) is 97.2 Å². The van der Waals surface area contributed by atoms with Crippen molar-refractivity contribution < 1.29 is 64.6 Å². The molecule has 2 fully saturated rings. The molecule has 2 aliphatic heterocycles. The third kappa shape index (κ3) is 27.7. The van der Waals surface area contributed by atoms with Crippen LogP contribution in [0.15, 0.2) is 97.2 Å². The van der Waals surface area contributed by atoms with Gasteiger partial charge in [-0.1, -0.05) is 162 Å². The number of rotatable bonds is 39. The van der Waals surface area contributed by atoms with Crippen LogP contribution in [0.2, 0.25) is 0 Å². The lowest BCUT2D eigenvalue weighted by Gasteiger charge is -2.46. The lowest BCUT2D eigenvalue weighted by atomic mass is 9.97. The molecule has 1 amide bonds. The minimum Gasteiger partial charge on any atom is -0.394 e. The first-order chi connectivity index (χ1) is 34.1. The van der Waals surface area contributed by atoms with Gasteiger partial charge in [-0.25, -0.2) is 0 Å². The lowest BCUT2D eigenvalue weighted by Crippen LogP contribution is -2.65. The topological polar surface area (TPSA) is 228 Å². The Bertz CT molecular complexity index is 1540. The van der Waals surface area contributed by atoms with Gasteiger partial charge < -0.3 is 65.1 Å².